The molecule has 2 aromatic carbocycles. The van der Waals surface area contributed by atoms with E-state index in [0.29, 0.717) is 0 Å². The largest absolute Gasteiger partial charge is 0.508 e. The zero-order valence-corrected chi connectivity index (χ0v) is 19.0. The minimum Gasteiger partial charge on any atom is -0.508 e. The molecule has 36 heavy (non-hydrogen) atoms. The van der Waals surface area contributed by atoms with Crippen LogP contribution < -0.4 is 4.74 Å². The number of aliphatic hydroxyl groups is 5. The minimum absolute atomic E-state index is 0.0156. The number of aliphatic hydroxyl groups excluding tert-OH is 4. The fourth-order valence-corrected chi connectivity index (χ4v) is 3.85. The molecule has 0 radical (unpaired) electrons. The van der Waals surface area contributed by atoms with E-state index < -0.39 is 74.5 Å². The summed E-state index contributed by atoms with van der Waals surface area (Å²) in [6.07, 6.45) is -10.5. The lowest BCUT2D eigenvalue weighted by atomic mass is 9.98. The molecule has 2 aromatic rings. The summed E-state index contributed by atoms with van der Waals surface area (Å²) >= 11 is 0. The lowest BCUT2D eigenvalue weighted by Crippen LogP contribution is -2.62. The highest BCUT2D eigenvalue weighted by atomic mass is 16.8. The second-order valence-corrected chi connectivity index (χ2v) is 8.59. The van der Waals surface area contributed by atoms with Crippen LogP contribution in [-0.2, 0) is 18.9 Å². The number of benzene rings is 2. The van der Waals surface area contributed by atoms with Gasteiger partial charge in [0.15, 0.2) is 18.0 Å². The number of hydrogen-bond donors (Lipinski definition) is 6. The Hall–Kier alpha value is -2.81. The summed E-state index contributed by atoms with van der Waals surface area (Å²) in [6, 6.07) is 13.6. The van der Waals surface area contributed by atoms with Crippen LogP contribution >= 0.6 is 0 Å². The first-order valence-corrected chi connectivity index (χ1v) is 11.2. The Bertz CT molecular complexity index is 1000. The molecule has 2 aliphatic heterocycles. The lowest BCUT2D eigenvalue weighted by molar-refractivity contribution is -0.318. The Morgan fingerprint density at radius 2 is 1.69 bits per heavy atom. The minimum atomic E-state index is -2.02. The van der Waals surface area contributed by atoms with Gasteiger partial charge in [0.05, 0.1) is 18.8 Å². The number of rotatable bonds is 8. The highest BCUT2D eigenvalue weighted by molar-refractivity contribution is 5.89. The van der Waals surface area contributed by atoms with Crippen LogP contribution in [0.2, 0.25) is 0 Å². The average Bonchev–Trinajstić information content (AvgIpc) is 3.17. The molecular formula is C24H28O12. The van der Waals surface area contributed by atoms with Gasteiger partial charge in [0.25, 0.3) is 0 Å². The molecule has 196 valence electrons. The second kappa shape index (κ2) is 11.1. The number of phenols is 1. The van der Waals surface area contributed by atoms with Crippen molar-refractivity contribution >= 4 is 5.97 Å². The normalized spacial score (nSPS) is 34.3. The third kappa shape index (κ3) is 5.61. The van der Waals surface area contributed by atoms with E-state index in [4.69, 9.17) is 23.7 Å². The summed E-state index contributed by atoms with van der Waals surface area (Å²) in [5, 5.41) is 61.4. The summed E-state index contributed by atoms with van der Waals surface area (Å²) in [6.45, 7) is -1.69. The van der Waals surface area contributed by atoms with Crippen LogP contribution in [0.4, 0.5) is 0 Å². The van der Waals surface area contributed by atoms with Crippen molar-refractivity contribution in [1.29, 1.82) is 0 Å². The molecule has 12 nitrogen and oxygen atoms in total. The van der Waals surface area contributed by atoms with E-state index in [1.165, 1.54) is 36.4 Å². The molecule has 0 aromatic heterocycles. The van der Waals surface area contributed by atoms with Crippen molar-refractivity contribution in [3.63, 3.8) is 0 Å². The average molecular weight is 508 g/mol. The number of hydrogen-bond acceptors (Lipinski definition) is 12. The van der Waals surface area contributed by atoms with Crippen molar-refractivity contribution in [3.8, 4) is 11.5 Å². The van der Waals surface area contributed by atoms with E-state index >= 15 is 0 Å². The summed E-state index contributed by atoms with van der Waals surface area (Å²) in [7, 11) is 0. The zero-order chi connectivity index (χ0) is 25.9. The first-order valence-electron chi connectivity index (χ1n) is 11.2. The number of aromatic hydroxyl groups is 1. The molecule has 2 heterocycles. The summed E-state index contributed by atoms with van der Waals surface area (Å²) in [5.41, 5.74) is -1.76. The molecule has 0 amide bonds. The van der Waals surface area contributed by atoms with E-state index in [1.54, 1.807) is 18.2 Å². The quantitative estimate of drug-likeness (QED) is 0.237. The number of ether oxygens (including phenoxy) is 5. The van der Waals surface area contributed by atoms with Gasteiger partial charge in [0.2, 0.25) is 6.29 Å². The standard InChI is InChI=1S/C24H28O12/c25-10-16-17(27)18(28)19(22(35-16)34-15-8-6-14(26)7-9-15)36-23-20(29)24(31,12-33-23)11-32-21(30)13-4-2-1-3-5-13/h1-9,16-20,22-23,25-29,31H,10-12H2/t16-,17-,18+,19-,20+,22-,23+,24-/m1/s1. The number of phenolic OH excluding ortho intramolecular Hbond substituents is 1. The Balaban J connectivity index is 1.44. The van der Waals surface area contributed by atoms with Gasteiger partial charge < -0.3 is 54.3 Å². The molecule has 4 rings (SSSR count). The smallest absolute Gasteiger partial charge is 0.338 e. The molecule has 2 saturated heterocycles. The fourth-order valence-electron chi connectivity index (χ4n) is 3.85. The third-order valence-electron chi connectivity index (χ3n) is 5.97. The molecule has 0 spiro atoms. The Labute approximate surface area is 205 Å². The Morgan fingerprint density at radius 3 is 2.36 bits per heavy atom. The van der Waals surface area contributed by atoms with E-state index in [1.807, 2.05) is 0 Å². The van der Waals surface area contributed by atoms with Gasteiger partial charge in [0, 0.05) is 0 Å². The van der Waals surface area contributed by atoms with Crippen LogP contribution in [0.5, 0.6) is 11.5 Å². The SMILES string of the molecule is O=C(OC[C@@]1(O)CO[C@@H](O[C@H]2[C@H](Oc3ccc(O)cc3)O[C@H](CO)[C@@H](O)[C@@H]2O)[C@@H]1O)c1ccccc1. The van der Waals surface area contributed by atoms with Crippen molar-refractivity contribution < 1.29 is 59.1 Å². The highest BCUT2D eigenvalue weighted by Crippen LogP contribution is 2.32. The van der Waals surface area contributed by atoms with Gasteiger partial charge in [-0.2, -0.15) is 0 Å². The van der Waals surface area contributed by atoms with E-state index in [2.05, 4.69) is 0 Å². The molecule has 6 N–H and O–H groups in total. The van der Waals surface area contributed by atoms with Crippen LogP contribution in [0.15, 0.2) is 54.6 Å². The van der Waals surface area contributed by atoms with Crippen molar-refractivity contribution in [3.05, 3.63) is 60.2 Å². The summed E-state index contributed by atoms with van der Waals surface area (Å²) in [5.74, 6) is -0.515. The van der Waals surface area contributed by atoms with Crippen molar-refractivity contribution in [2.75, 3.05) is 19.8 Å². The van der Waals surface area contributed by atoms with Crippen LogP contribution in [0.1, 0.15) is 10.4 Å². The van der Waals surface area contributed by atoms with Crippen LogP contribution in [-0.4, -0.2) is 105 Å². The molecular weight excluding hydrogens is 480 g/mol. The maximum absolute atomic E-state index is 12.2. The van der Waals surface area contributed by atoms with Gasteiger partial charge in [-0.3, -0.25) is 0 Å². The predicted molar refractivity (Wildman–Crippen MR) is 119 cm³/mol. The predicted octanol–water partition coefficient (Wildman–Crippen LogP) is -1.10. The topological polar surface area (TPSA) is 185 Å². The van der Waals surface area contributed by atoms with Gasteiger partial charge in [-0.25, -0.2) is 4.79 Å². The first kappa shape index (κ1) is 26.3. The number of carbonyl (C=O) groups excluding carboxylic acids is 1. The van der Waals surface area contributed by atoms with Gasteiger partial charge in [-0.15, -0.1) is 0 Å². The first-order chi connectivity index (χ1) is 17.2. The highest BCUT2D eigenvalue weighted by Gasteiger charge is 2.54. The molecule has 0 aliphatic carbocycles. The van der Waals surface area contributed by atoms with E-state index in [9.17, 15) is 35.4 Å². The maximum Gasteiger partial charge on any atom is 0.338 e. The van der Waals surface area contributed by atoms with Crippen molar-refractivity contribution in [2.24, 2.45) is 0 Å². The number of carbonyl (C=O) groups is 1. The molecule has 0 unspecified atom stereocenters. The van der Waals surface area contributed by atoms with Crippen molar-refractivity contribution in [1.82, 2.24) is 0 Å². The van der Waals surface area contributed by atoms with Gasteiger partial charge in [-0.1, -0.05) is 18.2 Å². The van der Waals surface area contributed by atoms with Crippen molar-refractivity contribution in [2.45, 2.75) is 48.7 Å². The van der Waals surface area contributed by atoms with E-state index in [0.717, 1.165) is 0 Å². The van der Waals surface area contributed by atoms with Gasteiger partial charge >= 0.3 is 5.97 Å². The Morgan fingerprint density at radius 1 is 1.00 bits per heavy atom. The van der Waals surface area contributed by atoms with Crippen LogP contribution in [0, 0.1) is 0 Å². The molecule has 2 fully saturated rings. The molecule has 0 bridgehead atoms. The number of esters is 1. The summed E-state index contributed by atoms with van der Waals surface area (Å²) in [4.78, 5) is 12.2. The molecule has 0 saturated carbocycles. The fraction of sp³-hybridized carbons (Fsp3) is 0.458. The van der Waals surface area contributed by atoms with Crippen LogP contribution in [0.3, 0.4) is 0 Å². The molecule has 12 heteroatoms. The monoisotopic (exact) mass is 508 g/mol. The summed E-state index contributed by atoms with van der Waals surface area (Å²) < 4.78 is 27.4. The zero-order valence-electron chi connectivity index (χ0n) is 19.0. The Kier molecular flexibility index (Phi) is 8.07. The molecule has 2 aliphatic rings. The van der Waals surface area contributed by atoms with Gasteiger partial charge in [-0.05, 0) is 36.4 Å². The second-order valence-electron chi connectivity index (χ2n) is 8.59. The third-order valence-corrected chi connectivity index (χ3v) is 5.97. The van der Waals surface area contributed by atoms with Crippen LogP contribution in [0.25, 0.3) is 0 Å². The lowest BCUT2D eigenvalue weighted by Gasteiger charge is -2.42. The maximum atomic E-state index is 12.2. The molecule has 8 atom stereocenters. The van der Waals surface area contributed by atoms with E-state index in [-0.39, 0.29) is 17.1 Å². The van der Waals surface area contributed by atoms with Gasteiger partial charge in [0.1, 0.15) is 42.5 Å².